The van der Waals surface area contributed by atoms with Gasteiger partial charge in [-0.3, -0.25) is 9.36 Å². The van der Waals surface area contributed by atoms with Crippen LogP contribution in [0.3, 0.4) is 0 Å². The second kappa shape index (κ2) is 3.81. The third-order valence-electron chi connectivity index (χ3n) is 2.11. The molecular weight excluding hydrogens is 188 g/mol. The average Bonchev–Trinajstić information content (AvgIpc) is 2.30. The Morgan fingerprint density at radius 3 is 2.53 bits per heavy atom. The van der Waals surface area contributed by atoms with E-state index in [-0.39, 0.29) is 5.56 Å². The molecule has 2 rings (SSSR count). The first kappa shape index (κ1) is 9.22. The number of rotatable bonds is 1. The van der Waals surface area contributed by atoms with Crippen LogP contribution in [0.4, 0.5) is 0 Å². The van der Waals surface area contributed by atoms with E-state index >= 15 is 0 Å². The number of nitrogens with zero attached hydrogens (tertiary/aromatic N) is 2. The van der Waals surface area contributed by atoms with Gasteiger partial charge in [-0.05, 0) is 18.2 Å². The van der Waals surface area contributed by atoms with Gasteiger partial charge in [0.15, 0.2) is 0 Å². The molecule has 0 radical (unpaired) electrons. The highest BCUT2D eigenvalue weighted by Crippen LogP contribution is 2.10. The van der Waals surface area contributed by atoms with Gasteiger partial charge in [0.2, 0.25) is 0 Å². The van der Waals surface area contributed by atoms with Crippen molar-refractivity contribution in [1.82, 2.24) is 4.57 Å². The molecular formula is C12H8N2O. The van der Waals surface area contributed by atoms with E-state index in [1.54, 1.807) is 42.6 Å². The van der Waals surface area contributed by atoms with Crippen molar-refractivity contribution in [2.24, 2.45) is 0 Å². The predicted molar refractivity (Wildman–Crippen MR) is 56.8 cm³/mol. The van der Waals surface area contributed by atoms with Gasteiger partial charge in [-0.1, -0.05) is 18.2 Å². The van der Waals surface area contributed by atoms with E-state index in [4.69, 9.17) is 5.26 Å². The van der Waals surface area contributed by atoms with Crippen molar-refractivity contribution < 1.29 is 0 Å². The van der Waals surface area contributed by atoms with Crippen molar-refractivity contribution in [2.75, 3.05) is 0 Å². The first-order valence-electron chi connectivity index (χ1n) is 4.50. The Labute approximate surface area is 86.8 Å². The molecule has 15 heavy (non-hydrogen) atoms. The summed E-state index contributed by atoms with van der Waals surface area (Å²) in [5, 5.41) is 8.91. The predicted octanol–water partition coefficient (Wildman–Crippen LogP) is 1.71. The maximum absolute atomic E-state index is 11.5. The lowest BCUT2D eigenvalue weighted by Crippen LogP contribution is -2.16. The SMILES string of the molecule is N#Cc1ccccc1-n1ccccc1=O. The fourth-order valence-electron chi connectivity index (χ4n) is 1.40. The fourth-order valence-corrected chi connectivity index (χ4v) is 1.40. The topological polar surface area (TPSA) is 45.8 Å². The lowest BCUT2D eigenvalue weighted by molar-refractivity contribution is 0.985. The lowest BCUT2D eigenvalue weighted by atomic mass is 10.2. The normalized spacial score (nSPS) is 9.53. The van der Waals surface area contributed by atoms with Crippen LogP contribution in [-0.4, -0.2) is 4.57 Å². The number of para-hydroxylation sites is 1. The molecule has 1 heterocycles. The van der Waals surface area contributed by atoms with E-state index in [0.717, 1.165) is 0 Å². The second-order valence-electron chi connectivity index (χ2n) is 3.04. The number of pyridine rings is 1. The minimum absolute atomic E-state index is 0.139. The van der Waals surface area contributed by atoms with Crippen LogP contribution in [-0.2, 0) is 0 Å². The van der Waals surface area contributed by atoms with E-state index in [2.05, 4.69) is 6.07 Å². The van der Waals surface area contributed by atoms with Crippen molar-refractivity contribution >= 4 is 0 Å². The summed E-state index contributed by atoms with van der Waals surface area (Å²) in [5.41, 5.74) is 0.969. The van der Waals surface area contributed by atoms with Crippen molar-refractivity contribution in [3.8, 4) is 11.8 Å². The van der Waals surface area contributed by atoms with Crippen molar-refractivity contribution in [3.63, 3.8) is 0 Å². The molecule has 0 N–H and O–H groups in total. The molecule has 72 valence electrons. The van der Waals surface area contributed by atoms with Gasteiger partial charge in [-0.15, -0.1) is 0 Å². The molecule has 0 atom stereocenters. The smallest absolute Gasteiger partial charge is 0.255 e. The molecule has 0 spiro atoms. The van der Waals surface area contributed by atoms with Gasteiger partial charge in [-0.2, -0.15) is 5.26 Å². The number of nitriles is 1. The summed E-state index contributed by atoms with van der Waals surface area (Å²) in [7, 11) is 0. The van der Waals surface area contributed by atoms with E-state index in [1.165, 1.54) is 10.6 Å². The first-order valence-corrected chi connectivity index (χ1v) is 4.50. The minimum Gasteiger partial charge on any atom is -0.283 e. The lowest BCUT2D eigenvalue weighted by Gasteiger charge is -2.05. The standard InChI is InChI=1S/C12H8N2O/c13-9-10-5-1-2-6-11(10)14-8-4-3-7-12(14)15/h1-8H. The highest BCUT2D eigenvalue weighted by Gasteiger charge is 2.03. The van der Waals surface area contributed by atoms with Crippen LogP contribution < -0.4 is 5.56 Å². The summed E-state index contributed by atoms with van der Waals surface area (Å²) >= 11 is 0. The number of hydrogen-bond acceptors (Lipinski definition) is 2. The zero-order valence-corrected chi connectivity index (χ0v) is 7.92. The summed E-state index contributed by atoms with van der Waals surface area (Å²) in [6.45, 7) is 0. The van der Waals surface area contributed by atoms with Crippen LogP contribution in [0.5, 0.6) is 0 Å². The Balaban J connectivity index is 2.71. The van der Waals surface area contributed by atoms with Gasteiger partial charge in [0.05, 0.1) is 11.3 Å². The Kier molecular flexibility index (Phi) is 2.34. The number of benzene rings is 1. The van der Waals surface area contributed by atoms with Crippen molar-refractivity contribution in [3.05, 3.63) is 64.6 Å². The molecule has 0 amide bonds. The van der Waals surface area contributed by atoms with Gasteiger partial charge in [-0.25, -0.2) is 0 Å². The first-order chi connectivity index (χ1) is 7.33. The van der Waals surface area contributed by atoms with E-state index < -0.39 is 0 Å². The zero-order chi connectivity index (χ0) is 10.7. The third kappa shape index (κ3) is 1.65. The number of hydrogen-bond donors (Lipinski definition) is 0. The maximum Gasteiger partial charge on any atom is 0.255 e. The molecule has 0 aliphatic carbocycles. The molecule has 3 heteroatoms. The van der Waals surface area contributed by atoms with Gasteiger partial charge in [0.25, 0.3) is 5.56 Å². The molecule has 0 aliphatic heterocycles. The molecule has 3 nitrogen and oxygen atoms in total. The van der Waals surface area contributed by atoms with E-state index in [1.807, 2.05) is 0 Å². The van der Waals surface area contributed by atoms with E-state index in [0.29, 0.717) is 11.3 Å². The second-order valence-corrected chi connectivity index (χ2v) is 3.04. The Bertz CT molecular complexity index is 578. The molecule has 0 saturated heterocycles. The summed E-state index contributed by atoms with van der Waals surface area (Å²) in [5.74, 6) is 0. The van der Waals surface area contributed by atoms with Crippen LogP contribution in [0.1, 0.15) is 5.56 Å². The summed E-state index contributed by atoms with van der Waals surface area (Å²) in [6, 6.07) is 14.0. The molecule has 0 bridgehead atoms. The van der Waals surface area contributed by atoms with Crippen LogP contribution in [0.15, 0.2) is 53.5 Å². The minimum atomic E-state index is -0.139. The van der Waals surface area contributed by atoms with Crippen LogP contribution >= 0.6 is 0 Å². The Morgan fingerprint density at radius 1 is 1.07 bits per heavy atom. The number of aromatic nitrogens is 1. The average molecular weight is 196 g/mol. The highest BCUT2D eigenvalue weighted by molar-refractivity contribution is 5.48. The molecule has 0 aliphatic rings. The van der Waals surface area contributed by atoms with Gasteiger partial charge in [0, 0.05) is 12.3 Å². The van der Waals surface area contributed by atoms with Crippen molar-refractivity contribution in [2.45, 2.75) is 0 Å². The van der Waals surface area contributed by atoms with Crippen LogP contribution in [0, 0.1) is 11.3 Å². The molecule has 0 saturated carbocycles. The third-order valence-corrected chi connectivity index (χ3v) is 2.11. The van der Waals surface area contributed by atoms with E-state index in [9.17, 15) is 4.79 Å². The van der Waals surface area contributed by atoms with Crippen LogP contribution in [0.25, 0.3) is 5.69 Å². The summed E-state index contributed by atoms with van der Waals surface area (Å²) < 4.78 is 1.46. The largest absolute Gasteiger partial charge is 0.283 e. The molecule has 0 unspecified atom stereocenters. The summed E-state index contributed by atoms with van der Waals surface area (Å²) in [4.78, 5) is 11.5. The molecule has 0 fully saturated rings. The quantitative estimate of drug-likeness (QED) is 0.697. The zero-order valence-electron chi connectivity index (χ0n) is 7.92. The van der Waals surface area contributed by atoms with Gasteiger partial charge < -0.3 is 0 Å². The summed E-state index contributed by atoms with van der Waals surface area (Å²) in [6.07, 6.45) is 1.65. The van der Waals surface area contributed by atoms with Crippen LogP contribution in [0.2, 0.25) is 0 Å². The van der Waals surface area contributed by atoms with Gasteiger partial charge >= 0.3 is 0 Å². The maximum atomic E-state index is 11.5. The molecule has 2 aromatic rings. The fraction of sp³-hybridized carbons (Fsp3) is 0. The Morgan fingerprint density at radius 2 is 1.80 bits per heavy atom. The highest BCUT2D eigenvalue weighted by atomic mass is 16.1. The van der Waals surface area contributed by atoms with Gasteiger partial charge in [0.1, 0.15) is 6.07 Å². The van der Waals surface area contributed by atoms with Crippen molar-refractivity contribution in [1.29, 1.82) is 5.26 Å². The monoisotopic (exact) mass is 196 g/mol. The Hall–Kier alpha value is -2.34. The molecule has 1 aromatic heterocycles. The molecule has 1 aromatic carbocycles.